The van der Waals surface area contributed by atoms with Crippen molar-refractivity contribution < 1.29 is 4.79 Å². The molecule has 4 aromatic rings. The van der Waals surface area contributed by atoms with Gasteiger partial charge in [0, 0.05) is 45.0 Å². The Balaban J connectivity index is 1.29. The molecule has 1 aromatic carbocycles. The van der Waals surface area contributed by atoms with Crippen LogP contribution in [-0.4, -0.2) is 41.0 Å². The SMILES string of the molecule is Cn1c(=O)c2c(ncn2CC(=O)Nc2nc3c(s2)CN(Cc2ccccc2)CC3)n(C)c1=O. The number of thiazole rings is 1. The second-order valence-corrected chi connectivity index (χ2v) is 9.22. The highest BCUT2D eigenvalue weighted by molar-refractivity contribution is 7.15. The molecule has 3 aromatic heterocycles. The number of aromatic nitrogens is 5. The van der Waals surface area contributed by atoms with Crippen LogP contribution in [0, 0.1) is 0 Å². The number of nitrogens with one attached hydrogen (secondary N) is 1. The fourth-order valence-electron chi connectivity index (χ4n) is 4.11. The first-order chi connectivity index (χ1) is 15.9. The second-order valence-electron chi connectivity index (χ2n) is 8.13. The third-order valence-electron chi connectivity index (χ3n) is 5.84. The van der Waals surface area contributed by atoms with Gasteiger partial charge in [0.15, 0.2) is 16.3 Å². The Morgan fingerprint density at radius 1 is 1.15 bits per heavy atom. The van der Waals surface area contributed by atoms with Crippen LogP contribution in [0.4, 0.5) is 5.13 Å². The maximum atomic E-state index is 12.7. The Morgan fingerprint density at radius 2 is 1.94 bits per heavy atom. The number of benzene rings is 1. The number of carbonyl (C=O) groups excluding carboxylic acids is 1. The summed E-state index contributed by atoms with van der Waals surface area (Å²) in [5, 5.41) is 3.40. The highest BCUT2D eigenvalue weighted by Crippen LogP contribution is 2.29. The van der Waals surface area contributed by atoms with Gasteiger partial charge >= 0.3 is 5.69 Å². The molecule has 11 heteroatoms. The number of amides is 1. The van der Waals surface area contributed by atoms with E-state index in [0.717, 1.165) is 41.2 Å². The molecule has 0 saturated carbocycles. The lowest BCUT2D eigenvalue weighted by molar-refractivity contribution is -0.116. The zero-order valence-corrected chi connectivity index (χ0v) is 19.1. The smallest absolute Gasteiger partial charge is 0.315 e. The van der Waals surface area contributed by atoms with Crippen molar-refractivity contribution in [2.45, 2.75) is 26.1 Å². The van der Waals surface area contributed by atoms with Gasteiger partial charge in [-0.3, -0.25) is 23.6 Å². The first-order valence-corrected chi connectivity index (χ1v) is 11.4. The molecule has 1 aliphatic rings. The lowest BCUT2D eigenvalue weighted by Crippen LogP contribution is -2.37. The van der Waals surface area contributed by atoms with Gasteiger partial charge in [-0.05, 0) is 5.56 Å². The van der Waals surface area contributed by atoms with Gasteiger partial charge in [-0.2, -0.15) is 0 Å². The van der Waals surface area contributed by atoms with E-state index in [1.54, 1.807) is 7.05 Å². The van der Waals surface area contributed by atoms with Crippen LogP contribution >= 0.6 is 11.3 Å². The molecule has 0 saturated heterocycles. The summed E-state index contributed by atoms with van der Waals surface area (Å²) in [4.78, 5) is 49.6. The van der Waals surface area contributed by atoms with E-state index in [-0.39, 0.29) is 23.6 Å². The van der Waals surface area contributed by atoms with E-state index >= 15 is 0 Å². The van der Waals surface area contributed by atoms with Crippen molar-refractivity contribution in [2.75, 3.05) is 11.9 Å². The number of aryl methyl sites for hydroxylation is 1. The van der Waals surface area contributed by atoms with Crippen molar-refractivity contribution in [2.24, 2.45) is 14.1 Å². The molecule has 10 nitrogen and oxygen atoms in total. The molecule has 0 atom stereocenters. The normalized spacial score (nSPS) is 13.9. The zero-order chi connectivity index (χ0) is 23.1. The number of hydrogen-bond donors (Lipinski definition) is 1. The molecular formula is C22H23N7O3S. The summed E-state index contributed by atoms with van der Waals surface area (Å²) in [7, 11) is 2.95. The Morgan fingerprint density at radius 3 is 2.73 bits per heavy atom. The first-order valence-electron chi connectivity index (χ1n) is 10.6. The van der Waals surface area contributed by atoms with Gasteiger partial charge in [-0.1, -0.05) is 30.3 Å². The predicted octanol–water partition coefficient (Wildman–Crippen LogP) is 1.09. The monoisotopic (exact) mass is 465 g/mol. The van der Waals surface area contributed by atoms with Gasteiger partial charge in [0.25, 0.3) is 5.56 Å². The van der Waals surface area contributed by atoms with Gasteiger partial charge < -0.3 is 9.88 Å². The lowest BCUT2D eigenvalue weighted by atomic mass is 10.1. The molecule has 1 aliphatic heterocycles. The molecule has 33 heavy (non-hydrogen) atoms. The van der Waals surface area contributed by atoms with Crippen LogP contribution in [0.5, 0.6) is 0 Å². The molecule has 170 valence electrons. The largest absolute Gasteiger partial charge is 0.332 e. The third kappa shape index (κ3) is 4.00. The van der Waals surface area contributed by atoms with Crippen molar-refractivity contribution in [3.05, 3.63) is 73.6 Å². The number of rotatable bonds is 5. The molecule has 1 amide bonds. The summed E-state index contributed by atoms with van der Waals surface area (Å²) in [5.74, 6) is -0.308. The van der Waals surface area contributed by atoms with Gasteiger partial charge in [0.1, 0.15) is 6.54 Å². The summed E-state index contributed by atoms with van der Waals surface area (Å²) < 4.78 is 3.76. The van der Waals surface area contributed by atoms with Crippen LogP contribution in [0.1, 0.15) is 16.1 Å². The molecule has 0 fully saturated rings. The minimum absolute atomic E-state index is 0.103. The summed E-state index contributed by atoms with van der Waals surface area (Å²) in [5.41, 5.74) is 1.81. The average Bonchev–Trinajstić information content (AvgIpc) is 3.40. The highest BCUT2D eigenvalue weighted by atomic mass is 32.1. The van der Waals surface area contributed by atoms with E-state index in [4.69, 9.17) is 0 Å². The predicted molar refractivity (Wildman–Crippen MR) is 125 cm³/mol. The maximum absolute atomic E-state index is 12.7. The van der Waals surface area contributed by atoms with Crippen LogP contribution < -0.4 is 16.6 Å². The summed E-state index contributed by atoms with van der Waals surface area (Å²) in [6.45, 7) is 2.50. The summed E-state index contributed by atoms with van der Waals surface area (Å²) in [6.07, 6.45) is 2.24. The quantitative estimate of drug-likeness (QED) is 0.473. The van der Waals surface area contributed by atoms with E-state index < -0.39 is 11.2 Å². The minimum Gasteiger partial charge on any atom is -0.315 e. The van der Waals surface area contributed by atoms with Crippen molar-refractivity contribution >= 4 is 33.5 Å². The zero-order valence-electron chi connectivity index (χ0n) is 18.3. The summed E-state index contributed by atoms with van der Waals surface area (Å²) in [6, 6.07) is 10.4. The van der Waals surface area contributed by atoms with Crippen LogP contribution in [-0.2, 0) is 44.9 Å². The second kappa shape index (κ2) is 8.41. The molecule has 0 radical (unpaired) electrons. The number of anilines is 1. The molecule has 0 bridgehead atoms. The Bertz CT molecular complexity index is 1470. The number of fused-ring (bicyclic) bond motifs is 2. The number of nitrogens with zero attached hydrogens (tertiary/aromatic N) is 6. The first kappa shape index (κ1) is 21.3. The van der Waals surface area contributed by atoms with E-state index in [9.17, 15) is 14.4 Å². The van der Waals surface area contributed by atoms with Crippen LogP contribution in [0.2, 0.25) is 0 Å². The van der Waals surface area contributed by atoms with E-state index in [1.807, 2.05) is 18.2 Å². The fourth-order valence-corrected chi connectivity index (χ4v) is 5.18. The topological polar surface area (TPSA) is 107 Å². The molecule has 0 unspecified atom stereocenters. The third-order valence-corrected chi connectivity index (χ3v) is 6.83. The Labute approximate surface area is 192 Å². The van der Waals surface area contributed by atoms with Gasteiger partial charge in [0.2, 0.25) is 5.91 Å². The van der Waals surface area contributed by atoms with Crippen LogP contribution in [0.3, 0.4) is 0 Å². The van der Waals surface area contributed by atoms with Gasteiger partial charge in [0.05, 0.1) is 12.0 Å². The highest BCUT2D eigenvalue weighted by Gasteiger charge is 2.22. The molecule has 4 heterocycles. The standard InChI is InChI=1S/C22H23N7O3S/c1-26-19-18(20(31)27(2)22(26)32)29(13-23-19)12-17(30)25-21-24-15-8-9-28(11-16(15)33-21)10-14-6-4-3-5-7-14/h3-7,13H,8-12H2,1-2H3,(H,24,25,30). The van der Waals surface area contributed by atoms with E-state index in [0.29, 0.717) is 5.13 Å². The number of imidazole rings is 1. The Kier molecular flexibility index (Phi) is 5.43. The van der Waals surface area contributed by atoms with E-state index in [1.165, 1.54) is 39.4 Å². The summed E-state index contributed by atoms with van der Waals surface area (Å²) >= 11 is 1.48. The molecule has 0 aliphatic carbocycles. The number of carbonyl (C=O) groups is 1. The van der Waals surface area contributed by atoms with E-state index in [2.05, 4.69) is 32.3 Å². The Hall–Kier alpha value is -3.57. The van der Waals surface area contributed by atoms with Crippen molar-refractivity contribution in [3.63, 3.8) is 0 Å². The molecule has 0 spiro atoms. The van der Waals surface area contributed by atoms with Crippen molar-refractivity contribution in [1.82, 2.24) is 28.6 Å². The van der Waals surface area contributed by atoms with Crippen LogP contribution in [0.15, 0.2) is 46.2 Å². The number of hydrogen-bond acceptors (Lipinski definition) is 7. The molecular weight excluding hydrogens is 442 g/mol. The van der Waals surface area contributed by atoms with Gasteiger partial charge in [-0.15, -0.1) is 11.3 Å². The molecule has 1 N–H and O–H groups in total. The molecule has 5 rings (SSSR count). The minimum atomic E-state index is -0.485. The maximum Gasteiger partial charge on any atom is 0.332 e. The van der Waals surface area contributed by atoms with Gasteiger partial charge in [-0.25, -0.2) is 14.8 Å². The average molecular weight is 466 g/mol. The van der Waals surface area contributed by atoms with Crippen molar-refractivity contribution in [1.29, 1.82) is 0 Å². The lowest BCUT2D eigenvalue weighted by Gasteiger charge is -2.25. The fraction of sp³-hybridized carbons (Fsp3) is 0.318. The van der Waals surface area contributed by atoms with Crippen LogP contribution in [0.25, 0.3) is 11.2 Å². The van der Waals surface area contributed by atoms with Crippen molar-refractivity contribution in [3.8, 4) is 0 Å².